The van der Waals surface area contributed by atoms with Crippen molar-refractivity contribution in [1.82, 2.24) is 15.1 Å². The molecule has 1 aromatic carbocycles. The molecule has 5 rings (SSSR count). The monoisotopic (exact) mass is 467 g/mol. The van der Waals surface area contributed by atoms with Gasteiger partial charge in [0.15, 0.2) is 11.5 Å². The van der Waals surface area contributed by atoms with E-state index in [1.165, 1.54) is 37.8 Å². The van der Waals surface area contributed by atoms with E-state index in [-0.39, 0.29) is 24.0 Å². The largest absolute Gasteiger partial charge is 0.493 e. The summed E-state index contributed by atoms with van der Waals surface area (Å²) in [5.74, 6) is 2.89. The van der Waals surface area contributed by atoms with Gasteiger partial charge in [0.1, 0.15) is 0 Å². The van der Waals surface area contributed by atoms with Gasteiger partial charge in [-0.1, -0.05) is 38.0 Å². The van der Waals surface area contributed by atoms with Crippen molar-refractivity contribution in [1.29, 1.82) is 0 Å². The summed E-state index contributed by atoms with van der Waals surface area (Å²) < 4.78 is 10.9. The van der Waals surface area contributed by atoms with E-state index in [4.69, 9.17) is 9.47 Å². The van der Waals surface area contributed by atoms with Crippen LogP contribution in [0.15, 0.2) is 29.8 Å². The molecule has 2 amide bonds. The number of piperidine rings is 3. The summed E-state index contributed by atoms with van der Waals surface area (Å²) in [4.78, 5) is 18.7. The van der Waals surface area contributed by atoms with Gasteiger partial charge in [-0.25, -0.2) is 4.79 Å². The number of hydrogen-bond donors (Lipinski definition) is 1. The molecule has 186 valence electrons. The second kappa shape index (κ2) is 9.80. The zero-order chi connectivity index (χ0) is 23.8. The maximum Gasteiger partial charge on any atom is 0.318 e. The lowest BCUT2D eigenvalue weighted by molar-refractivity contribution is 0.00753. The lowest BCUT2D eigenvalue weighted by atomic mass is 9.68. The van der Waals surface area contributed by atoms with E-state index < -0.39 is 0 Å². The third-order valence-corrected chi connectivity index (χ3v) is 8.63. The van der Waals surface area contributed by atoms with Crippen LogP contribution in [0, 0.1) is 17.8 Å². The molecule has 0 radical (unpaired) electrons. The number of nitrogens with zero attached hydrogens (tertiary/aromatic N) is 2. The predicted octanol–water partition coefficient (Wildman–Crippen LogP) is 5.01. The van der Waals surface area contributed by atoms with Crippen molar-refractivity contribution in [3.8, 4) is 11.5 Å². The van der Waals surface area contributed by atoms with E-state index in [2.05, 4.69) is 35.0 Å². The highest BCUT2D eigenvalue weighted by atomic mass is 16.5. The van der Waals surface area contributed by atoms with E-state index in [0.29, 0.717) is 23.3 Å². The van der Waals surface area contributed by atoms with Crippen LogP contribution in [0.4, 0.5) is 4.79 Å². The van der Waals surface area contributed by atoms with Crippen LogP contribution in [0.25, 0.3) is 0 Å². The van der Waals surface area contributed by atoms with E-state index in [1.54, 1.807) is 14.2 Å². The van der Waals surface area contributed by atoms with Crippen molar-refractivity contribution < 1.29 is 14.3 Å². The van der Waals surface area contributed by atoms with Crippen molar-refractivity contribution in [2.75, 3.05) is 33.9 Å². The fourth-order valence-corrected chi connectivity index (χ4v) is 7.10. The average Bonchev–Trinajstić information content (AvgIpc) is 2.86. The Morgan fingerprint density at radius 2 is 1.91 bits per heavy atom. The van der Waals surface area contributed by atoms with Crippen LogP contribution in [0.5, 0.6) is 11.5 Å². The maximum absolute atomic E-state index is 13.8. The number of likely N-dealkylation sites (tertiary alicyclic amines) is 1. The molecule has 2 bridgehead atoms. The molecule has 0 aromatic heterocycles. The summed E-state index contributed by atoms with van der Waals surface area (Å²) in [6.07, 6.45) is 10.1. The zero-order valence-corrected chi connectivity index (χ0v) is 21.3. The topological polar surface area (TPSA) is 54.0 Å². The second-order valence-electron chi connectivity index (χ2n) is 11.0. The molecule has 3 saturated heterocycles. The zero-order valence-electron chi connectivity index (χ0n) is 21.3. The number of hydrogen-bond acceptors (Lipinski definition) is 4. The van der Waals surface area contributed by atoms with E-state index >= 15 is 0 Å². The van der Waals surface area contributed by atoms with Gasteiger partial charge >= 0.3 is 6.03 Å². The van der Waals surface area contributed by atoms with Crippen LogP contribution in [-0.4, -0.2) is 61.8 Å². The molecule has 4 aliphatic rings. The van der Waals surface area contributed by atoms with E-state index in [0.717, 1.165) is 37.5 Å². The second-order valence-corrected chi connectivity index (χ2v) is 11.0. The standard InChI is InChI=1S/C28H41N3O3/c1-18(2)26(19-10-11-24(33-3)25(16-19)34-4)29-28(32)31-13-7-8-20-14-21-15-22(27(20)31)17-30-12-6-5-9-23(21)30/h10-11,14,16,18,21-23,26-27H,5-9,12-13,15,17H2,1-4H3,(H,29,32)/t21-,22-,23-,26+,27+/m0/s1. The minimum Gasteiger partial charge on any atom is -0.493 e. The molecule has 1 aliphatic carbocycles. The Morgan fingerprint density at radius 3 is 2.68 bits per heavy atom. The first-order valence-corrected chi connectivity index (χ1v) is 13.2. The van der Waals surface area contributed by atoms with Gasteiger partial charge in [0, 0.05) is 19.1 Å². The Kier molecular flexibility index (Phi) is 6.79. The Morgan fingerprint density at radius 1 is 1.09 bits per heavy atom. The molecule has 5 atom stereocenters. The average molecular weight is 468 g/mol. The van der Waals surface area contributed by atoms with Crippen LogP contribution in [0.3, 0.4) is 0 Å². The molecule has 34 heavy (non-hydrogen) atoms. The molecule has 1 N–H and O–H groups in total. The van der Waals surface area contributed by atoms with Crippen molar-refractivity contribution in [2.24, 2.45) is 17.8 Å². The Bertz CT molecular complexity index is 929. The summed E-state index contributed by atoms with van der Waals surface area (Å²) in [6, 6.07) is 6.93. The van der Waals surface area contributed by atoms with Crippen molar-refractivity contribution >= 4 is 6.03 Å². The lowest BCUT2D eigenvalue weighted by Crippen LogP contribution is -2.61. The number of rotatable bonds is 5. The number of carbonyl (C=O) groups is 1. The van der Waals surface area contributed by atoms with Crippen LogP contribution in [-0.2, 0) is 0 Å². The number of carbonyl (C=O) groups excluding carboxylic acids is 1. The van der Waals surface area contributed by atoms with Gasteiger partial charge in [-0.3, -0.25) is 4.90 Å². The van der Waals surface area contributed by atoms with Crippen LogP contribution in [0.2, 0.25) is 0 Å². The van der Waals surface area contributed by atoms with Gasteiger partial charge in [-0.2, -0.15) is 0 Å². The van der Waals surface area contributed by atoms with Gasteiger partial charge in [-0.15, -0.1) is 0 Å². The van der Waals surface area contributed by atoms with Crippen LogP contribution < -0.4 is 14.8 Å². The molecule has 6 nitrogen and oxygen atoms in total. The molecule has 0 spiro atoms. The maximum atomic E-state index is 13.8. The molecule has 1 aromatic rings. The first kappa shape index (κ1) is 23.5. The summed E-state index contributed by atoms with van der Waals surface area (Å²) in [5.41, 5.74) is 2.58. The Hall–Kier alpha value is -2.21. The summed E-state index contributed by atoms with van der Waals surface area (Å²) in [5, 5.41) is 3.40. The third-order valence-electron chi connectivity index (χ3n) is 8.63. The summed E-state index contributed by atoms with van der Waals surface area (Å²) in [6.45, 7) is 7.54. The number of ether oxygens (including phenoxy) is 2. The fraction of sp³-hybridized carbons (Fsp3) is 0.679. The molecule has 3 fully saturated rings. The molecular formula is C28H41N3O3. The number of nitrogens with one attached hydrogen (secondary N) is 1. The minimum atomic E-state index is -0.0872. The molecular weight excluding hydrogens is 426 g/mol. The minimum absolute atomic E-state index is 0.0725. The SMILES string of the molecule is COc1ccc([C@H](NC(=O)N2CCCC3=C[C@H]4C[C@@H](CN5CCCC[C@@H]45)[C@@H]32)C(C)C)cc1OC. The lowest BCUT2D eigenvalue weighted by Gasteiger charge is -2.54. The number of methoxy groups -OCH3 is 2. The van der Waals surface area contributed by atoms with Crippen LogP contribution in [0.1, 0.15) is 64.0 Å². The summed E-state index contributed by atoms with van der Waals surface area (Å²) in [7, 11) is 3.30. The van der Waals surface area contributed by atoms with E-state index in [9.17, 15) is 4.79 Å². The predicted molar refractivity (Wildman–Crippen MR) is 134 cm³/mol. The highest BCUT2D eigenvalue weighted by Gasteiger charge is 2.47. The fourth-order valence-electron chi connectivity index (χ4n) is 7.10. The molecule has 0 unspecified atom stereocenters. The normalized spacial score (nSPS) is 29.6. The van der Waals surface area contributed by atoms with Crippen molar-refractivity contribution in [3.05, 3.63) is 35.4 Å². The van der Waals surface area contributed by atoms with Crippen molar-refractivity contribution in [3.63, 3.8) is 0 Å². The van der Waals surface area contributed by atoms with Crippen LogP contribution >= 0.6 is 0 Å². The first-order valence-electron chi connectivity index (χ1n) is 13.2. The molecule has 6 heteroatoms. The highest BCUT2D eigenvalue weighted by molar-refractivity contribution is 5.76. The number of fused-ring (bicyclic) bond motifs is 6. The molecule has 3 aliphatic heterocycles. The third kappa shape index (κ3) is 4.30. The number of amides is 2. The quantitative estimate of drug-likeness (QED) is 0.619. The van der Waals surface area contributed by atoms with Gasteiger partial charge < -0.3 is 19.7 Å². The number of urea groups is 1. The summed E-state index contributed by atoms with van der Waals surface area (Å²) >= 11 is 0. The van der Waals surface area contributed by atoms with E-state index in [1.807, 2.05) is 18.2 Å². The number of benzene rings is 1. The van der Waals surface area contributed by atoms with Gasteiger partial charge in [-0.05, 0) is 74.1 Å². The van der Waals surface area contributed by atoms with Crippen molar-refractivity contribution in [2.45, 2.75) is 70.5 Å². The van der Waals surface area contributed by atoms with Gasteiger partial charge in [0.25, 0.3) is 0 Å². The molecule has 0 saturated carbocycles. The Labute approximate surface area is 204 Å². The smallest absolute Gasteiger partial charge is 0.318 e. The van der Waals surface area contributed by atoms with Gasteiger partial charge in [0.05, 0.1) is 26.3 Å². The van der Waals surface area contributed by atoms with Gasteiger partial charge in [0.2, 0.25) is 0 Å². The first-order chi connectivity index (χ1) is 16.5. The highest BCUT2D eigenvalue weighted by Crippen LogP contribution is 2.45. The molecule has 3 heterocycles. The Balaban J connectivity index is 1.37.